The number of ether oxygens (including phenoxy) is 4. The number of benzene rings is 2. The third kappa shape index (κ3) is 3.65. The van der Waals surface area contributed by atoms with Crippen LogP contribution in [0.1, 0.15) is 22.3 Å². The molecule has 0 saturated heterocycles. The molecule has 2 aromatic rings. The van der Waals surface area contributed by atoms with E-state index in [0.717, 1.165) is 5.56 Å². The molecule has 6 nitrogen and oxygen atoms in total. The van der Waals surface area contributed by atoms with Gasteiger partial charge in [0, 0.05) is 6.42 Å². The molecule has 3 rings (SSSR count). The molecule has 1 aliphatic heterocycles. The van der Waals surface area contributed by atoms with Crippen molar-refractivity contribution < 1.29 is 28.5 Å². The van der Waals surface area contributed by atoms with Gasteiger partial charge in [-0.2, -0.15) is 0 Å². The van der Waals surface area contributed by atoms with Crippen LogP contribution in [0.15, 0.2) is 42.5 Å². The Labute approximate surface area is 138 Å². The van der Waals surface area contributed by atoms with Gasteiger partial charge in [-0.05, 0) is 48.4 Å². The third-order valence-electron chi connectivity index (χ3n) is 3.56. The molecule has 0 N–H and O–H groups in total. The molecule has 1 aliphatic rings. The molecule has 1 heterocycles. The van der Waals surface area contributed by atoms with Crippen LogP contribution in [0.2, 0.25) is 0 Å². The monoisotopic (exact) mass is 328 g/mol. The molecule has 6 heteroatoms. The van der Waals surface area contributed by atoms with Gasteiger partial charge in [0.05, 0.1) is 12.7 Å². The van der Waals surface area contributed by atoms with Gasteiger partial charge in [-0.25, -0.2) is 4.79 Å². The Kier molecular flexibility index (Phi) is 4.65. The first-order valence-electron chi connectivity index (χ1n) is 7.43. The standard InChI is InChI=1S/C18H16O6/c1-21-18(20)13-4-6-14(7-5-13)24-17(19)9-3-12-2-8-15-16(10-12)23-11-22-15/h2,4-8,10H,3,9,11H2,1H3. The smallest absolute Gasteiger partial charge is 0.337 e. The lowest BCUT2D eigenvalue weighted by Crippen LogP contribution is -2.09. The number of methoxy groups -OCH3 is 1. The first-order chi connectivity index (χ1) is 11.7. The molecule has 0 radical (unpaired) electrons. The molecule has 24 heavy (non-hydrogen) atoms. The summed E-state index contributed by atoms with van der Waals surface area (Å²) in [5.41, 5.74) is 1.37. The van der Waals surface area contributed by atoms with Gasteiger partial charge >= 0.3 is 11.9 Å². The van der Waals surface area contributed by atoms with E-state index in [-0.39, 0.29) is 19.2 Å². The second kappa shape index (κ2) is 7.04. The Morgan fingerprint density at radius 3 is 2.54 bits per heavy atom. The maximum atomic E-state index is 11.9. The molecule has 124 valence electrons. The number of aryl methyl sites for hydroxylation is 1. The highest BCUT2D eigenvalue weighted by Crippen LogP contribution is 2.32. The topological polar surface area (TPSA) is 71.1 Å². The van der Waals surface area contributed by atoms with Gasteiger partial charge in [0.15, 0.2) is 11.5 Å². The molecule has 0 aliphatic carbocycles. The maximum Gasteiger partial charge on any atom is 0.337 e. The minimum atomic E-state index is -0.435. The molecule has 0 spiro atoms. The zero-order chi connectivity index (χ0) is 16.9. The average Bonchev–Trinajstić information content (AvgIpc) is 3.07. The SMILES string of the molecule is COC(=O)c1ccc(OC(=O)CCc2ccc3c(c2)OCO3)cc1. The van der Waals surface area contributed by atoms with Crippen LogP contribution in [-0.2, 0) is 16.0 Å². The Morgan fingerprint density at radius 2 is 1.79 bits per heavy atom. The summed E-state index contributed by atoms with van der Waals surface area (Å²) in [6.45, 7) is 0.225. The van der Waals surface area contributed by atoms with Crippen molar-refractivity contribution in [3.63, 3.8) is 0 Å². The van der Waals surface area contributed by atoms with Crippen molar-refractivity contribution in [1.82, 2.24) is 0 Å². The lowest BCUT2D eigenvalue weighted by Gasteiger charge is -2.06. The predicted octanol–water partition coefficient (Wildman–Crippen LogP) is 2.74. The Balaban J connectivity index is 1.53. The van der Waals surface area contributed by atoms with Gasteiger partial charge in [-0.1, -0.05) is 6.07 Å². The van der Waals surface area contributed by atoms with E-state index in [1.165, 1.54) is 7.11 Å². The fourth-order valence-corrected chi connectivity index (χ4v) is 2.30. The van der Waals surface area contributed by atoms with Gasteiger partial charge in [0.1, 0.15) is 5.75 Å². The number of carbonyl (C=O) groups excluding carboxylic acids is 2. The van der Waals surface area contributed by atoms with Crippen molar-refractivity contribution in [2.24, 2.45) is 0 Å². The summed E-state index contributed by atoms with van der Waals surface area (Å²) < 4.78 is 20.4. The van der Waals surface area contributed by atoms with Crippen LogP contribution in [-0.4, -0.2) is 25.8 Å². The van der Waals surface area contributed by atoms with Gasteiger partial charge in [-0.3, -0.25) is 4.79 Å². The molecule has 0 unspecified atom stereocenters. The van der Waals surface area contributed by atoms with E-state index in [1.807, 2.05) is 18.2 Å². The molecule has 0 bridgehead atoms. The quantitative estimate of drug-likeness (QED) is 0.621. The molecule has 0 atom stereocenters. The van der Waals surface area contributed by atoms with Crippen LogP contribution in [0.5, 0.6) is 17.2 Å². The summed E-state index contributed by atoms with van der Waals surface area (Å²) in [5, 5.41) is 0. The lowest BCUT2D eigenvalue weighted by molar-refractivity contribution is -0.134. The molecule has 0 saturated carbocycles. The van der Waals surface area contributed by atoms with E-state index < -0.39 is 5.97 Å². The van der Waals surface area contributed by atoms with E-state index in [1.54, 1.807) is 24.3 Å². The molecular weight excluding hydrogens is 312 g/mol. The second-order valence-electron chi connectivity index (χ2n) is 5.18. The summed E-state index contributed by atoms with van der Waals surface area (Å²) in [5.74, 6) is 1.01. The minimum absolute atomic E-state index is 0.225. The molecular formula is C18H16O6. The maximum absolute atomic E-state index is 11.9. The van der Waals surface area contributed by atoms with Crippen LogP contribution < -0.4 is 14.2 Å². The first-order valence-corrected chi connectivity index (χ1v) is 7.43. The highest BCUT2D eigenvalue weighted by molar-refractivity contribution is 5.89. The number of hydrogen-bond donors (Lipinski definition) is 0. The molecule has 0 amide bonds. The fraction of sp³-hybridized carbons (Fsp3) is 0.222. The van der Waals surface area contributed by atoms with E-state index in [2.05, 4.69) is 4.74 Å². The van der Waals surface area contributed by atoms with Gasteiger partial charge in [0.2, 0.25) is 6.79 Å². The minimum Gasteiger partial charge on any atom is -0.465 e. The second-order valence-corrected chi connectivity index (χ2v) is 5.18. The highest BCUT2D eigenvalue weighted by Gasteiger charge is 2.14. The van der Waals surface area contributed by atoms with Gasteiger partial charge < -0.3 is 18.9 Å². The lowest BCUT2D eigenvalue weighted by atomic mass is 10.1. The zero-order valence-electron chi connectivity index (χ0n) is 13.1. The zero-order valence-corrected chi connectivity index (χ0v) is 13.1. The highest BCUT2D eigenvalue weighted by atomic mass is 16.7. The van der Waals surface area contributed by atoms with Crippen molar-refractivity contribution in [1.29, 1.82) is 0 Å². The van der Waals surface area contributed by atoms with Gasteiger partial charge in [0.25, 0.3) is 0 Å². The molecule has 0 aromatic heterocycles. The number of fused-ring (bicyclic) bond motifs is 1. The van der Waals surface area contributed by atoms with Crippen molar-refractivity contribution in [3.8, 4) is 17.2 Å². The number of esters is 2. The molecule has 0 fully saturated rings. The van der Waals surface area contributed by atoms with Crippen LogP contribution in [0.3, 0.4) is 0 Å². The van der Waals surface area contributed by atoms with Crippen LogP contribution in [0, 0.1) is 0 Å². The Bertz CT molecular complexity index is 751. The fourth-order valence-electron chi connectivity index (χ4n) is 2.30. The van der Waals surface area contributed by atoms with E-state index in [9.17, 15) is 9.59 Å². The summed E-state index contributed by atoms with van der Waals surface area (Å²) in [7, 11) is 1.31. The number of carbonyl (C=O) groups is 2. The van der Waals surface area contributed by atoms with Crippen molar-refractivity contribution in [2.75, 3.05) is 13.9 Å². The summed E-state index contributed by atoms with van der Waals surface area (Å²) in [6, 6.07) is 11.8. The Morgan fingerprint density at radius 1 is 1.04 bits per heavy atom. The average molecular weight is 328 g/mol. The number of rotatable bonds is 5. The van der Waals surface area contributed by atoms with E-state index in [4.69, 9.17) is 14.2 Å². The first kappa shape index (κ1) is 15.9. The third-order valence-corrected chi connectivity index (χ3v) is 3.56. The van der Waals surface area contributed by atoms with Crippen molar-refractivity contribution >= 4 is 11.9 Å². The number of hydrogen-bond acceptors (Lipinski definition) is 6. The summed E-state index contributed by atoms with van der Waals surface area (Å²) in [4.78, 5) is 23.3. The Hall–Kier alpha value is -3.02. The van der Waals surface area contributed by atoms with Gasteiger partial charge in [-0.15, -0.1) is 0 Å². The van der Waals surface area contributed by atoms with Crippen LogP contribution in [0.25, 0.3) is 0 Å². The van der Waals surface area contributed by atoms with E-state index in [0.29, 0.717) is 29.2 Å². The largest absolute Gasteiger partial charge is 0.465 e. The summed E-state index contributed by atoms with van der Waals surface area (Å²) in [6.07, 6.45) is 0.772. The van der Waals surface area contributed by atoms with Crippen LogP contribution in [0.4, 0.5) is 0 Å². The molecule has 2 aromatic carbocycles. The van der Waals surface area contributed by atoms with Crippen molar-refractivity contribution in [3.05, 3.63) is 53.6 Å². The predicted molar refractivity (Wildman–Crippen MR) is 84.3 cm³/mol. The van der Waals surface area contributed by atoms with E-state index >= 15 is 0 Å². The normalized spacial score (nSPS) is 11.9. The van der Waals surface area contributed by atoms with Crippen molar-refractivity contribution in [2.45, 2.75) is 12.8 Å². The summed E-state index contributed by atoms with van der Waals surface area (Å²) >= 11 is 0. The van der Waals surface area contributed by atoms with Crippen LogP contribution >= 0.6 is 0 Å².